The fraction of sp³-hybridized carbons (Fsp3) is 0.235. The van der Waals surface area contributed by atoms with Gasteiger partial charge in [0, 0.05) is 5.56 Å². The van der Waals surface area contributed by atoms with Crippen LogP contribution in [-0.2, 0) is 4.74 Å². The number of carbonyl (C=O) groups excluding carboxylic acids is 1. The maximum Gasteiger partial charge on any atom is 0.231 e. The van der Waals surface area contributed by atoms with Gasteiger partial charge in [-0.2, -0.15) is 0 Å². The molecule has 0 N–H and O–H groups in total. The van der Waals surface area contributed by atoms with E-state index in [9.17, 15) is 4.79 Å². The predicted octanol–water partition coefficient (Wildman–Crippen LogP) is 3.38. The number of ether oxygens (including phenoxy) is 3. The van der Waals surface area contributed by atoms with E-state index >= 15 is 0 Å². The second kappa shape index (κ2) is 5.97. The Labute approximate surface area is 123 Å². The Kier molecular flexibility index (Phi) is 3.88. The van der Waals surface area contributed by atoms with Gasteiger partial charge in [-0.1, -0.05) is 30.3 Å². The molecule has 4 heteroatoms. The SMILES string of the molecule is CC(OCC(=O)c1ccc2c(c1)OCO2)c1ccccc1. The number of rotatable bonds is 5. The van der Waals surface area contributed by atoms with Crippen LogP contribution in [0, 0.1) is 0 Å². The summed E-state index contributed by atoms with van der Waals surface area (Å²) in [5.41, 5.74) is 1.62. The topological polar surface area (TPSA) is 44.8 Å². The lowest BCUT2D eigenvalue weighted by Crippen LogP contribution is -2.11. The summed E-state index contributed by atoms with van der Waals surface area (Å²) in [5.74, 6) is 1.21. The molecule has 0 spiro atoms. The molecule has 1 atom stereocenters. The Bertz CT molecular complexity index is 636. The first-order valence-electron chi connectivity index (χ1n) is 6.83. The van der Waals surface area contributed by atoms with E-state index in [1.54, 1.807) is 18.2 Å². The van der Waals surface area contributed by atoms with Crippen LogP contribution in [0.1, 0.15) is 28.9 Å². The van der Waals surface area contributed by atoms with Crippen molar-refractivity contribution in [2.75, 3.05) is 13.4 Å². The number of Topliss-reactive ketones (excluding diaryl/α,β-unsaturated/α-hetero) is 1. The number of fused-ring (bicyclic) bond motifs is 1. The summed E-state index contributed by atoms with van der Waals surface area (Å²) in [4.78, 5) is 12.2. The lowest BCUT2D eigenvalue weighted by atomic mass is 10.1. The molecule has 0 bridgehead atoms. The van der Waals surface area contributed by atoms with Gasteiger partial charge in [-0.05, 0) is 30.7 Å². The molecule has 1 unspecified atom stereocenters. The molecular weight excluding hydrogens is 268 g/mol. The first kappa shape index (κ1) is 13.6. The van der Waals surface area contributed by atoms with Gasteiger partial charge < -0.3 is 14.2 Å². The number of hydrogen-bond donors (Lipinski definition) is 0. The molecule has 0 saturated heterocycles. The van der Waals surface area contributed by atoms with Crippen molar-refractivity contribution in [3.05, 3.63) is 59.7 Å². The molecule has 0 amide bonds. The van der Waals surface area contributed by atoms with Gasteiger partial charge in [-0.15, -0.1) is 0 Å². The maximum atomic E-state index is 12.2. The zero-order valence-electron chi connectivity index (χ0n) is 11.7. The van der Waals surface area contributed by atoms with Gasteiger partial charge in [0.05, 0.1) is 6.10 Å². The van der Waals surface area contributed by atoms with E-state index in [-0.39, 0.29) is 25.3 Å². The van der Waals surface area contributed by atoms with Crippen LogP contribution in [0.15, 0.2) is 48.5 Å². The van der Waals surface area contributed by atoms with Crippen molar-refractivity contribution in [1.82, 2.24) is 0 Å². The van der Waals surface area contributed by atoms with E-state index in [1.807, 2.05) is 37.3 Å². The third-order valence-corrected chi connectivity index (χ3v) is 3.43. The Balaban J connectivity index is 1.62. The van der Waals surface area contributed by atoms with Crippen LogP contribution in [0.2, 0.25) is 0 Å². The normalized spacial score (nSPS) is 14.0. The Morgan fingerprint density at radius 3 is 2.71 bits per heavy atom. The zero-order chi connectivity index (χ0) is 14.7. The standard InChI is InChI=1S/C17H16O4/c1-12(13-5-3-2-4-6-13)19-10-15(18)14-7-8-16-17(9-14)21-11-20-16/h2-9,12H,10-11H2,1H3. The molecule has 1 heterocycles. The smallest absolute Gasteiger partial charge is 0.231 e. The van der Waals surface area contributed by atoms with Gasteiger partial charge in [0.15, 0.2) is 17.3 Å². The number of hydrogen-bond acceptors (Lipinski definition) is 4. The fourth-order valence-corrected chi connectivity index (χ4v) is 2.17. The van der Waals surface area contributed by atoms with Crippen molar-refractivity contribution >= 4 is 5.78 Å². The molecule has 108 valence electrons. The molecule has 21 heavy (non-hydrogen) atoms. The van der Waals surface area contributed by atoms with Crippen molar-refractivity contribution in [2.24, 2.45) is 0 Å². The average Bonchev–Trinajstić information content (AvgIpc) is 3.00. The third kappa shape index (κ3) is 3.06. The fourth-order valence-electron chi connectivity index (χ4n) is 2.17. The van der Waals surface area contributed by atoms with Crippen LogP contribution in [-0.4, -0.2) is 19.2 Å². The summed E-state index contributed by atoms with van der Waals surface area (Å²) >= 11 is 0. The van der Waals surface area contributed by atoms with Gasteiger partial charge in [0.1, 0.15) is 6.61 Å². The summed E-state index contributed by atoms with van der Waals surface area (Å²) < 4.78 is 16.1. The molecular formula is C17H16O4. The first-order valence-corrected chi connectivity index (χ1v) is 6.83. The Morgan fingerprint density at radius 1 is 1.14 bits per heavy atom. The monoisotopic (exact) mass is 284 g/mol. The van der Waals surface area contributed by atoms with Gasteiger partial charge in [0.2, 0.25) is 6.79 Å². The van der Waals surface area contributed by atoms with E-state index in [4.69, 9.17) is 14.2 Å². The van der Waals surface area contributed by atoms with Crippen LogP contribution in [0.3, 0.4) is 0 Å². The molecule has 2 aromatic rings. The summed E-state index contributed by atoms with van der Waals surface area (Å²) in [5, 5.41) is 0. The van der Waals surface area contributed by atoms with Crippen molar-refractivity contribution in [3.63, 3.8) is 0 Å². The van der Waals surface area contributed by atoms with Gasteiger partial charge in [-0.3, -0.25) is 4.79 Å². The Morgan fingerprint density at radius 2 is 1.90 bits per heavy atom. The molecule has 2 aromatic carbocycles. The minimum absolute atomic E-state index is 0.0374. The van der Waals surface area contributed by atoms with E-state index in [0.717, 1.165) is 5.56 Å². The highest BCUT2D eigenvalue weighted by Crippen LogP contribution is 2.32. The van der Waals surface area contributed by atoms with E-state index in [1.165, 1.54) is 0 Å². The van der Waals surface area contributed by atoms with E-state index in [0.29, 0.717) is 17.1 Å². The maximum absolute atomic E-state index is 12.2. The number of carbonyl (C=O) groups is 1. The molecule has 3 rings (SSSR count). The third-order valence-electron chi connectivity index (χ3n) is 3.43. The summed E-state index contributed by atoms with van der Waals surface area (Å²) in [6.45, 7) is 2.17. The molecule has 4 nitrogen and oxygen atoms in total. The molecule has 0 radical (unpaired) electrons. The second-order valence-corrected chi connectivity index (χ2v) is 4.86. The van der Waals surface area contributed by atoms with Crippen molar-refractivity contribution < 1.29 is 19.0 Å². The minimum atomic E-state index is -0.121. The lowest BCUT2D eigenvalue weighted by Gasteiger charge is -2.12. The van der Waals surface area contributed by atoms with Crippen molar-refractivity contribution in [3.8, 4) is 11.5 Å². The van der Waals surface area contributed by atoms with Crippen LogP contribution in [0.4, 0.5) is 0 Å². The molecule has 0 aromatic heterocycles. The zero-order valence-corrected chi connectivity index (χ0v) is 11.7. The summed E-state index contributed by atoms with van der Waals surface area (Å²) in [6.07, 6.45) is -0.121. The van der Waals surface area contributed by atoms with Crippen LogP contribution >= 0.6 is 0 Å². The second-order valence-electron chi connectivity index (χ2n) is 4.86. The number of ketones is 1. The lowest BCUT2D eigenvalue weighted by molar-refractivity contribution is 0.0521. The highest BCUT2D eigenvalue weighted by Gasteiger charge is 2.17. The quantitative estimate of drug-likeness (QED) is 0.790. The highest BCUT2D eigenvalue weighted by molar-refractivity contribution is 5.97. The highest BCUT2D eigenvalue weighted by atomic mass is 16.7. The first-order chi connectivity index (χ1) is 10.2. The summed E-state index contributed by atoms with van der Waals surface area (Å²) in [6, 6.07) is 15.0. The average molecular weight is 284 g/mol. The van der Waals surface area contributed by atoms with Crippen LogP contribution in [0.25, 0.3) is 0 Å². The van der Waals surface area contributed by atoms with E-state index < -0.39 is 0 Å². The molecule has 1 aliphatic rings. The van der Waals surface area contributed by atoms with Gasteiger partial charge in [0.25, 0.3) is 0 Å². The largest absolute Gasteiger partial charge is 0.454 e. The molecule has 0 fully saturated rings. The molecule has 0 saturated carbocycles. The van der Waals surface area contributed by atoms with Crippen LogP contribution < -0.4 is 9.47 Å². The summed E-state index contributed by atoms with van der Waals surface area (Å²) in [7, 11) is 0. The van der Waals surface area contributed by atoms with Crippen molar-refractivity contribution in [2.45, 2.75) is 13.0 Å². The van der Waals surface area contributed by atoms with E-state index in [2.05, 4.69) is 0 Å². The molecule has 0 aliphatic carbocycles. The number of benzene rings is 2. The van der Waals surface area contributed by atoms with Crippen molar-refractivity contribution in [1.29, 1.82) is 0 Å². The predicted molar refractivity (Wildman–Crippen MR) is 77.7 cm³/mol. The van der Waals surface area contributed by atoms with Crippen LogP contribution in [0.5, 0.6) is 11.5 Å². The van der Waals surface area contributed by atoms with Gasteiger partial charge in [-0.25, -0.2) is 0 Å². The molecule has 1 aliphatic heterocycles. The Hall–Kier alpha value is -2.33. The minimum Gasteiger partial charge on any atom is -0.454 e. The van der Waals surface area contributed by atoms with Gasteiger partial charge >= 0.3 is 0 Å².